The molecule has 2 amide bonds. The number of halogens is 3. The summed E-state index contributed by atoms with van der Waals surface area (Å²) < 4.78 is 45.4. The van der Waals surface area contributed by atoms with Crippen LogP contribution >= 0.6 is 12.2 Å². The highest BCUT2D eigenvalue weighted by Gasteiger charge is 2.59. The fourth-order valence-corrected chi connectivity index (χ4v) is 5.60. The number of alkyl halides is 3. The summed E-state index contributed by atoms with van der Waals surface area (Å²) in [7, 11) is 0. The van der Waals surface area contributed by atoms with E-state index in [0.717, 1.165) is 12.5 Å². The number of hydrogen-bond acceptors (Lipinski definition) is 6. The van der Waals surface area contributed by atoms with Gasteiger partial charge in [-0.1, -0.05) is 13.8 Å². The van der Waals surface area contributed by atoms with Gasteiger partial charge in [0.1, 0.15) is 28.8 Å². The largest absolute Gasteiger partial charge is 0.458 e. The average Bonchev–Trinajstić information content (AvgIpc) is 3.14. The van der Waals surface area contributed by atoms with Crippen LogP contribution in [0.1, 0.15) is 44.4 Å². The summed E-state index contributed by atoms with van der Waals surface area (Å²) in [6, 6.07) is 9.86. The molecule has 1 aromatic carbocycles. The molecule has 3 aliphatic rings. The number of amides is 2. The maximum absolute atomic E-state index is 13.7. The Morgan fingerprint density at radius 3 is 2.46 bits per heavy atom. The van der Waals surface area contributed by atoms with E-state index in [-0.39, 0.29) is 39.8 Å². The lowest BCUT2D eigenvalue weighted by molar-refractivity contribution is -0.131. The highest BCUT2D eigenvalue weighted by molar-refractivity contribution is 7.81. The van der Waals surface area contributed by atoms with Crippen LogP contribution in [0.4, 0.5) is 24.5 Å². The van der Waals surface area contributed by atoms with Crippen LogP contribution in [0.25, 0.3) is 0 Å². The number of carbonyl (C=O) groups excluding carboxylic acids is 2. The van der Waals surface area contributed by atoms with Crippen LogP contribution in [0.3, 0.4) is 0 Å². The van der Waals surface area contributed by atoms with E-state index in [9.17, 15) is 28.0 Å². The Morgan fingerprint density at radius 2 is 1.93 bits per heavy atom. The van der Waals surface area contributed by atoms with Gasteiger partial charge in [-0.3, -0.25) is 14.5 Å². The quantitative estimate of drug-likeness (QED) is 0.423. The number of nitriles is 1. The summed E-state index contributed by atoms with van der Waals surface area (Å²) in [4.78, 5) is 34.4. The lowest BCUT2D eigenvalue weighted by Gasteiger charge is -2.43. The first kappa shape index (κ1) is 28.3. The molecule has 0 atom stereocenters. The van der Waals surface area contributed by atoms with E-state index >= 15 is 0 Å². The van der Waals surface area contributed by atoms with E-state index in [2.05, 4.69) is 4.98 Å². The summed E-state index contributed by atoms with van der Waals surface area (Å²) in [6.07, 6.45) is 2.37. The van der Waals surface area contributed by atoms with Gasteiger partial charge in [0.25, 0.3) is 5.91 Å². The lowest BCUT2D eigenvalue weighted by Crippen LogP contribution is -2.55. The number of pyridine rings is 1. The van der Waals surface area contributed by atoms with Gasteiger partial charge in [-0.25, -0.2) is 4.98 Å². The van der Waals surface area contributed by atoms with Gasteiger partial charge in [0, 0.05) is 24.4 Å². The Bertz CT molecular complexity index is 1510. The van der Waals surface area contributed by atoms with Gasteiger partial charge in [0.15, 0.2) is 5.11 Å². The maximum Gasteiger partial charge on any atom is 0.393 e. The summed E-state index contributed by atoms with van der Waals surface area (Å²) in [6.45, 7) is 4.08. The van der Waals surface area contributed by atoms with Crippen molar-refractivity contribution in [1.29, 1.82) is 5.26 Å². The second kappa shape index (κ2) is 10.6. The molecule has 1 saturated carbocycles. The Hall–Kier alpha value is -4.24. The molecule has 1 saturated heterocycles. The smallest absolute Gasteiger partial charge is 0.393 e. The summed E-state index contributed by atoms with van der Waals surface area (Å²) >= 11 is 5.71. The molecule has 212 valence electrons. The molecule has 0 radical (unpaired) electrons. The third-order valence-corrected chi connectivity index (χ3v) is 7.68. The van der Waals surface area contributed by atoms with E-state index < -0.39 is 18.1 Å². The summed E-state index contributed by atoms with van der Waals surface area (Å²) in [5.74, 6) is 0.692. The molecule has 12 heteroatoms. The summed E-state index contributed by atoms with van der Waals surface area (Å²) in [5, 5.41) is 9.37. The number of aromatic nitrogens is 1. The van der Waals surface area contributed by atoms with Gasteiger partial charge >= 0.3 is 6.18 Å². The molecule has 1 aliphatic carbocycles. The van der Waals surface area contributed by atoms with Crippen LogP contribution in [0.5, 0.6) is 5.75 Å². The maximum atomic E-state index is 13.7. The van der Waals surface area contributed by atoms with E-state index in [1.165, 1.54) is 11.1 Å². The van der Waals surface area contributed by atoms with Crippen LogP contribution < -0.4 is 14.5 Å². The highest BCUT2D eigenvalue weighted by Crippen LogP contribution is 2.48. The molecule has 2 aromatic rings. The third kappa shape index (κ3) is 5.29. The molecule has 1 aromatic heterocycles. The number of nitrogens with zero attached hydrogens (tertiary/aromatic N) is 5. The first-order chi connectivity index (χ1) is 19.4. The molecule has 2 fully saturated rings. The van der Waals surface area contributed by atoms with Gasteiger partial charge in [-0.05, 0) is 79.5 Å². The van der Waals surface area contributed by atoms with Crippen LogP contribution in [-0.4, -0.2) is 45.1 Å². The standard InChI is InChI=1S/C29H26F3N5O3S/c1-18(2)25(38)35-12-8-23(9-13-35)40-22-6-4-20(5-7-22)37-27(41)36(26(39)28(37)10-3-11-28)21-14-19(15-29(30,31)32)24(16-33)34-17-21/h4-9,12,14,17-18H,3,10-11,13,15H2,1-2H3. The molecule has 3 heterocycles. The number of hydrogen-bond donors (Lipinski definition) is 0. The first-order valence-electron chi connectivity index (χ1n) is 13.0. The van der Waals surface area contributed by atoms with Crippen LogP contribution in [0, 0.1) is 17.2 Å². The van der Waals surface area contributed by atoms with Crippen molar-refractivity contribution in [2.45, 2.75) is 51.2 Å². The van der Waals surface area contributed by atoms with Gasteiger partial charge in [0.05, 0.1) is 18.3 Å². The first-order valence-corrected chi connectivity index (χ1v) is 13.5. The second-order valence-corrected chi connectivity index (χ2v) is 10.8. The number of carbonyl (C=O) groups is 2. The van der Waals surface area contributed by atoms with E-state index in [0.29, 0.717) is 36.6 Å². The molecule has 0 N–H and O–H groups in total. The molecular formula is C29H26F3N5O3S. The van der Waals surface area contributed by atoms with Gasteiger partial charge in [-0.2, -0.15) is 18.4 Å². The van der Waals surface area contributed by atoms with Crippen LogP contribution in [-0.2, 0) is 16.0 Å². The fourth-order valence-electron chi connectivity index (χ4n) is 5.13. The monoisotopic (exact) mass is 581 g/mol. The zero-order chi connectivity index (χ0) is 29.5. The van der Waals surface area contributed by atoms with Crippen molar-refractivity contribution in [3.63, 3.8) is 0 Å². The topological polar surface area (TPSA) is 89.8 Å². The minimum absolute atomic E-state index is 0.0179. The molecular weight excluding hydrogens is 555 g/mol. The molecule has 2 aliphatic heterocycles. The Kier molecular flexibility index (Phi) is 7.33. The zero-order valence-corrected chi connectivity index (χ0v) is 23.1. The normalized spacial score (nSPS) is 18.1. The second-order valence-electron chi connectivity index (χ2n) is 10.4. The number of rotatable bonds is 6. The molecule has 1 spiro atoms. The SMILES string of the molecule is CC(C)C(=O)N1C=CC(Oc2ccc(N3C(=S)N(c4cnc(C#N)c(CC(F)(F)F)c4)C(=O)C34CCC4)cc2)=CC1. The Labute approximate surface area is 240 Å². The van der Waals surface area contributed by atoms with E-state index in [1.54, 1.807) is 52.4 Å². The third-order valence-electron chi connectivity index (χ3n) is 7.32. The Morgan fingerprint density at radius 1 is 1.22 bits per heavy atom. The number of allylic oxidation sites excluding steroid dienone is 1. The minimum atomic E-state index is -4.55. The number of thiocarbonyl (C=S) groups is 1. The van der Waals surface area contributed by atoms with Crippen molar-refractivity contribution in [2.24, 2.45) is 5.92 Å². The van der Waals surface area contributed by atoms with Crippen molar-refractivity contribution < 1.29 is 27.5 Å². The Balaban J connectivity index is 1.37. The molecule has 0 bridgehead atoms. The number of anilines is 2. The molecule has 41 heavy (non-hydrogen) atoms. The van der Waals surface area contributed by atoms with Crippen molar-refractivity contribution in [1.82, 2.24) is 9.88 Å². The van der Waals surface area contributed by atoms with E-state index in [4.69, 9.17) is 17.0 Å². The predicted molar refractivity (Wildman–Crippen MR) is 149 cm³/mol. The van der Waals surface area contributed by atoms with Gasteiger partial charge in [0.2, 0.25) is 5.91 Å². The molecule has 0 unspecified atom stereocenters. The van der Waals surface area contributed by atoms with Crippen molar-refractivity contribution in [2.75, 3.05) is 16.3 Å². The van der Waals surface area contributed by atoms with Crippen molar-refractivity contribution in [3.8, 4) is 11.8 Å². The fraction of sp³-hybridized carbons (Fsp3) is 0.345. The van der Waals surface area contributed by atoms with Crippen LogP contribution in [0.2, 0.25) is 0 Å². The van der Waals surface area contributed by atoms with Crippen molar-refractivity contribution >= 4 is 40.5 Å². The average molecular weight is 582 g/mol. The zero-order valence-electron chi connectivity index (χ0n) is 22.3. The number of benzene rings is 1. The summed E-state index contributed by atoms with van der Waals surface area (Å²) in [5.41, 5.74) is -0.890. The number of ether oxygens (including phenoxy) is 1. The highest BCUT2D eigenvalue weighted by atomic mass is 32.1. The molecule has 8 nitrogen and oxygen atoms in total. The van der Waals surface area contributed by atoms with Crippen molar-refractivity contribution in [3.05, 3.63) is 71.9 Å². The molecule has 5 rings (SSSR count). The predicted octanol–water partition coefficient (Wildman–Crippen LogP) is 5.39. The van der Waals surface area contributed by atoms with Gasteiger partial charge in [-0.15, -0.1) is 0 Å². The van der Waals surface area contributed by atoms with Gasteiger partial charge < -0.3 is 14.5 Å². The van der Waals surface area contributed by atoms with E-state index in [1.807, 2.05) is 19.9 Å². The minimum Gasteiger partial charge on any atom is -0.458 e. The lowest BCUT2D eigenvalue weighted by atomic mass is 9.75. The van der Waals surface area contributed by atoms with Crippen LogP contribution in [0.15, 0.2) is 60.6 Å².